The number of carbonyl (C=O) groups excluding carboxylic acids is 2. The zero-order valence-corrected chi connectivity index (χ0v) is 8.88. The summed E-state index contributed by atoms with van der Waals surface area (Å²) in [6, 6.07) is 0. The van der Waals surface area contributed by atoms with E-state index in [1.165, 1.54) is 0 Å². The summed E-state index contributed by atoms with van der Waals surface area (Å²) in [4.78, 5) is 21.6. The molecule has 0 aromatic rings. The van der Waals surface area contributed by atoms with Gasteiger partial charge in [0.15, 0.2) is 0 Å². The van der Waals surface area contributed by atoms with E-state index in [1.54, 1.807) is 0 Å². The molecule has 0 aliphatic rings. The van der Waals surface area contributed by atoms with E-state index in [0.717, 1.165) is 19.1 Å². The van der Waals surface area contributed by atoms with E-state index in [4.69, 9.17) is 0 Å². The summed E-state index contributed by atoms with van der Waals surface area (Å²) in [6.45, 7) is 6.11. The number of hydrogen-bond acceptors (Lipinski definition) is 2. The fourth-order valence-corrected chi connectivity index (χ4v) is 1.11. The van der Waals surface area contributed by atoms with Crippen molar-refractivity contribution in [2.24, 2.45) is 11.8 Å². The lowest BCUT2D eigenvalue weighted by Crippen LogP contribution is -2.12. The Balaban J connectivity index is 3.67. The quantitative estimate of drug-likeness (QED) is 0.570. The van der Waals surface area contributed by atoms with Crippen molar-refractivity contribution in [1.82, 2.24) is 0 Å². The van der Waals surface area contributed by atoms with Crippen LogP contribution in [0.15, 0.2) is 0 Å². The first kappa shape index (κ1) is 12.3. The Labute approximate surface area is 80.7 Å². The van der Waals surface area contributed by atoms with Crippen molar-refractivity contribution in [3.63, 3.8) is 0 Å². The SMILES string of the molecule is CCC(C)CCC(=O)C(C)CC=O. The van der Waals surface area contributed by atoms with E-state index in [9.17, 15) is 9.59 Å². The van der Waals surface area contributed by atoms with Crippen LogP contribution < -0.4 is 0 Å². The van der Waals surface area contributed by atoms with Gasteiger partial charge >= 0.3 is 0 Å². The Bertz CT molecular complexity index is 163. The molecule has 0 bridgehead atoms. The molecule has 2 atom stereocenters. The number of rotatable bonds is 7. The van der Waals surface area contributed by atoms with Crippen LogP contribution in [0, 0.1) is 11.8 Å². The summed E-state index contributed by atoms with van der Waals surface area (Å²) in [6.07, 6.45) is 3.91. The summed E-state index contributed by atoms with van der Waals surface area (Å²) in [7, 11) is 0. The summed E-state index contributed by atoms with van der Waals surface area (Å²) < 4.78 is 0. The molecular weight excluding hydrogens is 164 g/mol. The molecule has 0 saturated heterocycles. The van der Waals surface area contributed by atoms with E-state index in [0.29, 0.717) is 18.8 Å². The molecule has 2 nitrogen and oxygen atoms in total. The van der Waals surface area contributed by atoms with Crippen molar-refractivity contribution in [2.45, 2.75) is 46.5 Å². The van der Waals surface area contributed by atoms with Crippen LogP contribution in [0.4, 0.5) is 0 Å². The molecule has 2 heteroatoms. The summed E-state index contributed by atoms with van der Waals surface area (Å²) >= 11 is 0. The largest absolute Gasteiger partial charge is 0.303 e. The van der Waals surface area contributed by atoms with Crippen molar-refractivity contribution in [2.75, 3.05) is 0 Å². The number of hydrogen-bond donors (Lipinski definition) is 0. The van der Waals surface area contributed by atoms with Gasteiger partial charge in [-0.1, -0.05) is 27.2 Å². The molecule has 0 heterocycles. The zero-order valence-electron chi connectivity index (χ0n) is 8.88. The highest BCUT2D eigenvalue weighted by Crippen LogP contribution is 2.13. The van der Waals surface area contributed by atoms with Crippen LogP contribution in [0.5, 0.6) is 0 Å². The van der Waals surface area contributed by atoms with Gasteiger partial charge in [-0.05, 0) is 12.3 Å². The average Bonchev–Trinajstić information content (AvgIpc) is 2.13. The Morgan fingerprint density at radius 1 is 1.38 bits per heavy atom. The fraction of sp³-hybridized carbons (Fsp3) is 0.818. The minimum atomic E-state index is -0.0819. The smallest absolute Gasteiger partial charge is 0.136 e. The third kappa shape index (κ3) is 5.56. The molecule has 0 amide bonds. The van der Waals surface area contributed by atoms with Crippen molar-refractivity contribution in [3.05, 3.63) is 0 Å². The second-order valence-corrected chi connectivity index (χ2v) is 3.82. The van der Waals surface area contributed by atoms with Crippen molar-refractivity contribution >= 4 is 12.1 Å². The molecule has 0 N–H and O–H groups in total. The fourth-order valence-electron chi connectivity index (χ4n) is 1.11. The number of Topliss-reactive ketones (excluding diaryl/α,β-unsaturated/α-hetero) is 1. The number of aldehydes is 1. The number of carbonyl (C=O) groups is 2. The van der Waals surface area contributed by atoms with E-state index >= 15 is 0 Å². The minimum absolute atomic E-state index is 0.0819. The molecule has 0 aliphatic carbocycles. The minimum Gasteiger partial charge on any atom is -0.303 e. The lowest BCUT2D eigenvalue weighted by Gasteiger charge is -2.09. The molecule has 2 unspecified atom stereocenters. The molecule has 0 spiro atoms. The van der Waals surface area contributed by atoms with Gasteiger partial charge in [-0.15, -0.1) is 0 Å². The predicted octanol–water partition coefficient (Wildman–Crippen LogP) is 2.61. The van der Waals surface area contributed by atoms with Gasteiger partial charge in [-0.3, -0.25) is 4.79 Å². The van der Waals surface area contributed by atoms with Crippen LogP contribution in [0.25, 0.3) is 0 Å². The van der Waals surface area contributed by atoms with Crippen molar-refractivity contribution in [3.8, 4) is 0 Å². The van der Waals surface area contributed by atoms with Gasteiger partial charge in [0.05, 0.1) is 0 Å². The second kappa shape index (κ2) is 6.81. The van der Waals surface area contributed by atoms with Crippen LogP contribution in [-0.4, -0.2) is 12.1 Å². The van der Waals surface area contributed by atoms with Gasteiger partial charge in [-0.25, -0.2) is 0 Å². The third-order valence-electron chi connectivity index (χ3n) is 2.58. The predicted molar refractivity (Wildman–Crippen MR) is 53.5 cm³/mol. The molecule has 0 fully saturated rings. The maximum absolute atomic E-state index is 11.4. The lowest BCUT2D eigenvalue weighted by atomic mass is 9.95. The maximum Gasteiger partial charge on any atom is 0.136 e. The number of ketones is 1. The lowest BCUT2D eigenvalue weighted by molar-refractivity contribution is -0.124. The van der Waals surface area contributed by atoms with Crippen LogP contribution in [0.1, 0.15) is 46.5 Å². The topological polar surface area (TPSA) is 34.1 Å². The monoisotopic (exact) mass is 184 g/mol. The highest BCUT2D eigenvalue weighted by atomic mass is 16.1. The molecule has 0 rings (SSSR count). The van der Waals surface area contributed by atoms with Crippen LogP contribution in [0.2, 0.25) is 0 Å². The molecular formula is C11H20O2. The second-order valence-electron chi connectivity index (χ2n) is 3.82. The molecule has 0 aromatic heterocycles. The van der Waals surface area contributed by atoms with E-state index in [2.05, 4.69) is 13.8 Å². The van der Waals surface area contributed by atoms with Gasteiger partial charge in [0.25, 0.3) is 0 Å². The molecule has 76 valence electrons. The van der Waals surface area contributed by atoms with E-state index < -0.39 is 0 Å². The van der Waals surface area contributed by atoms with E-state index in [-0.39, 0.29) is 11.7 Å². The Morgan fingerprint density at radius 3 is 2.46 bits per heavy atom. The molecule has 0 saturated carbocycles. The van der Waals surface area contributed by atoms with Crippen molar-refractivity contribution < 1.29 is 9.59 Å². The first-order valence-electron chi connectivity index (χ1n) is 5.08. The highest BCUT2D eigenvalue weighted by Gasteiger charge is 2.12. The van der Waals surface area contributed by atoms with E-state index in [1.807, 2.05) is 6.92 Å². The summed E-state index contributed by atoms with van der Waals surface area (Å²) in [5.74, 6) is 0.765. The zero-order chi connectivity index (χ0) is 10.3. The van der Waals surface area contributed by atoms with Crippen LogP contribution in [0.3, 0.4) is 0 Å². The first-order valence-corrected chi connectivity index (χ1v) is 5.08. The Kier molecular flexibility index (Phi) is 6.47. The average molecular weight is 184 g/mol. The Hall–Kier alpha value is -0.660. The molecule has 0 radical (unpaired) electrons. The highest BCUT2D eigenvalue weighted by molar-refractivity contribution is 5.82. The van der Waals surface area contributed by atoms with Crippen LogP contribution >= 0.6 is 0 Å². The van der Waals surface area contributed by atoms with Gasteiger partial charge in [0, 0.05) is 18.8 Å². The van der Waals surface area contributed by atoms with Gasteiger partial charge in [0.1, 0.15) is 12.1 Å². The maximum atomic E-state index is 11.4. The molecule has 13 heavy (non-hydrogen) atoms. The summed E-state index contributed by atoms with van der Waals surface area (Å²) in [5.41, 5.74) is 0. The van der Waals surface area contributed by atoms with Gasteiger partial charge in [-0.2, -0.15) is 0 Å². The van der Waals surface area contributed by atoms with Gasteiger partial charge < -0.3 is 4.79 Å². The standard InChI is InChI=1S/C11H20O2/c1-4-9(2)5-6-11(13)10(3)7-8-12/h8-10H,4-7H2,1-3H3. The van der Waals surface area contributed by atoms with Crippen LogP contribution in [-0.2, 0) is 9.59 Å². The Morgan fingerprint density at radius 2 is 2.00 bits per heavy atom. The third-order valence-corrected chi connectivity index (χ3v) is 2.58. The molecule has 0 aromatic carbocycles. The molecule has 0 aliphatic heterocycles. The van der Waals surface area contributed by atoms with Crippen molar-refractivity contribution in [1.29, 1.82) is 0 Å². The normalized spacial score (nSPS) is 15.0. The summed E-state index contributed by atoms with van der Waals surface area (Å²) in [5, 5.41) is 0. The first-order chi connectivity index (χ1) is 6.11. The van der Waals surface area contributed by atoms with Gasteiger partial charge in [0.2, 0.25) is 0 Å².